The van der Waals surface area contributed by atoms with Crippen molar-refractivity contribution in [2.75, 3.05) is 31.8 Å². The summed E-state index contributed by atoms with van der Waals surface area (Å²) in [6.07, 6.45) is 0. The van der Waals surface area contributed by atoms with E-state index < -0.39 is 0 Å². The van der Waals surface area contributed by atoms with Crippen molar-refractivity contribution in [2.45, 2.75) is 27.3 Å². The SMILES string of the molecule is CCSCCOc1c(Br)cc(CNCC(C)C)cc1OC. The smallest absolute Gasteiger partial charge is 0.175 e. The largest absolute Gasteiger partial charge is 0.493 e. The third kappa shape index (κ3) is 6.94. The van der Waals surface area contributed by atoms with Crippen LogP contribution >= 0.6 is 27.7 Å². The molecule has 0 unspecified atom stereocenters. The summed E-state index contributed by atoms with van der Waals surface area (Å²) < 4.78 is 12.3. The van der Waals surface area contributed by atoms with Crippen molar-refractivity contribution in [1.29, 1.82) is 0 Å². The zero-order chi connectivity index (χ0) is 15.7. The Morgan fingerprint density at radius 2 is 2.10 bits per heavy atom. The van der Waals surface area contributed by atoms with Gasteiger partial charge in [0, 0.05) is 12.3 Å². The van der Waals surface area contributed by atoms with Crippen molar-refractivity contribution in [1.82, 2.24) is 5.32 Å². The van der Waals surface area contributed by atoms with Crippen molar-refractivity contribution < 1.29 is 9.47 Å². The van der Waals surface area contributed by atoms with Crippen LogP contribution in [0, 0.1) is 5.92 Å². The molecule has 1 aromatic carbocycles. The lowest BCUT2D eigenvalue weighted by Gasteiger charge is -2.15. The highest BCUT2D eigenvalue weighted by molar-refractivity contribution is 9.10. The number of methoxy groups -OCH3 is 1. The third-order valence-electron chi connectivity index (χ3n) is 2.85. The summed E-state index contributed by atoms with van der Waals surface area (Å²) in [4.78, 5) is 0. The number of benzene rings is 1. The molecule has 0 atom stereocenters. The predicted octanol–water partition coefficient (Wildman–Crippen LogP) is 4.34. The van der Waals surface area contributed by atoms with Gasteiger partial charge >= 0.3 is 0 Å². The number of rotatable bonds is 10. The number of ether oxygens (including phenoxy) is 2. The van der Waals surface area contributed by atoms with Gasteiger partial charge in [-0.2, -0.15) is 11.8 Å². The molecule has 0 fully saturated rings. The molecule has 5 heteroatoms. The molecule has 0 amide bonds. The second-order valence-corrected chi connectivity index (χ2v) is 7.43. The molecule has 120 valence electrons. The second kappa shape index (κ2) is 10.4. The first-order chi connectivity index (χ1) is 10.1. The highest BCUT2D eigenvalue weighted by atomic mass is 79.9. The van der Waals surface area contributed by atoms with E-state index in [2.05, 4.69) is 48.1 Å². The molecule has 1 rings (SSSR count). The van der Waals surface area contributed by atoms with Crippen LogP contribution in [-0.4, -0.2) is 31.8 Å². The highest BCUT2D eigenvalue weighted by Gasteiger charge is 2.11. The molecule has 0 aliphatic rings. The number of halogens is 1. The summed E-state index contributed by atoms with van der Waals surface area (Å²) in [6.45, 7) is 9.09. The molecule has 3 nitrogen and oxygen atoms in total. The van der Waals surface area contributed by atoms with Crippen molar-refractivity contribution >= 4 is 27.7 Å². The van der Waals surface area contributed by atoms with E-state index in [0.29, 0.717) is 12.5 Å². The summed E-state index contributed by atoms with van der Waals surface area (Å²) in [5.41, 5.74) is 1.19. The van der Waals surface area contributed by atoms with Gasteiger partial charge in [0.05, 0.1) is 18.2 Å². The molecule has 0 aliphatic carbocycles. The average Bonchev–Trinajstić information content (AvgIpc) is 2.44. The Morgan fingerprint density at radius 1 is 1.33 bits per heavy atom. The van der Waals surface area contributed by atoms with Crippen LogP contribution in [0.4, 0.5) is 0 Å². The van der Waals surface area contributed by atoms with Gasteiger partial charge in [0.2, 0.25) is 0 Å². The van der Waals surface area contributed by atoms with Crippen LogP contribution in [-0.2, 0) is 6.54 Å². The van der Waals surface area contributed by atoms with Gasteiger partial charge in [0.25, 0.3) is 0 Å². The molecular weight excluding hydrogens is 350 g/mol. The van der Waals surface area contributed by atoms with E-state index >= 15 is 0 Å². The lowest BCUT2D eigenvalue weighted by atomic mass is 10.2. The highest BCUT2D eigenvalue weighted by Crippen LogP contribution is 2.36. The summed E-state index contributed by atoms with van der Waals surface area (Å²) in [7, 11) is 1.68. The number of thioether (sulfide) groups is 1. The lowest BCUT2D eigenvalue weighted by molar-refractivity contribution is 0.311. The number of nitrogens with one attached hydrogen (secondary N) is 1. The van der Waals surface area contributed by atoms with E-state index in [1.807, 2.05) is 17.8 Å². The Kier molecular flexibility index (Phi) is 9.20. The standard InChI is InChI=1S/C16H26BrNO2S/c1-5-21-7-6-20-16-14(17)8-13(9-15(16)19-4)11-18-10-12(2)3/h8-9,12,18H,5-7,10-11H2,1-4H3. The maximum Gasteiger partial charge on any atom is 0.175 e. The summed E-state index contributed by atoms with van der Waals surface area (Å²) in [5, 5.41) is 3.44. The fourth-order valence-corrected chi connectivity index (χ4v) is 2.96. The number of hydrogen-bond donors (Lipinski definition) is 1. The molecule has 0 saturated heterocycles. The molecule has 1 N–H and O–H groups in total. The van der Waals surface area contributed by atoms with Crippen LogP contribution in [0.1, 0.15) is 26.3 Å². The van der Waals surface area contributed by atoms with Gasteiger partial charge in [0.15, 0.2) is 11.5 Å². The Bertz CT molecular complexity index is 427. The van der Waals surface area contributed by atoms with Crippen LogP contribution in [0.3, 0.4) is 0 Å². The topological polar surface area (TPSA) is 30.5 Å². The van der Waals surface area contributed by atoms with E-state index in [-0.39, 0.29) is 0 Å². The predicted molar refractivity (Wildman–Crippen MR) is 95.7 cm³/mol. The maximum absolute atomic E-state index is 5.85. The van der Waals surface area contributed by atoms with Crippen molar-refractivity contribution in [3.63, 3.8) is 0 Å². The van der Waals surface area contributed by atoms with Crippen LogP contribution in [0.15, 0.2) is 16.6 Å². The third-order valence-corrected chi connectivity index (χ3v) is 4.30. The van der Waals surface area contributed by atoms with Gasteiger partial charge in [-0.3, -0.25) is 0 Å². The van der Waals surface area contributed by atoms with Gasteiger partial charge in [-0.25, -0.2) is 0 Å². The van der Waals surface area contributed by atoms with E-state index in [1.54, 1.807) is 7.11 Å². The molecule has 0 radical (unpaired) electrons. The molecule has 1 aromatic rings. The van der Waals surface area contributed by atoms with Gasteiger partial charge in [-0.15, -0.1) is 0 Å². The molecule has 0 bridgehead atoms. The fourth-order valence-electron chi connectivity index (χ4n) is 1.87. The van der Waals surface area contributed by atoms with E-state index in [0.717, 1.165) is 40.6 Å². The van der Waals surface area contributed by atoms with Crippen molar-refractivity contribution in [3.8, 4) is 11.5 Å². The Hall–Kier alpha value is -0.390. The van der Waals surface area contributed by atoms with Crippen molar-refractivity contribution in [2.24, 2.45) is 5.92 Å². The van der Waals surface area contributed by atoms with E-state index in [4.69, 9.17) is 9.47 Å². The minimum absolute atomic E-state index is 0.647. The first-order valence-corrected chi connectivity index (χ1v) is 9.30. The molecular formula is C16H26BrNO2S. The molecule has 0 spiro atoms. The van der Waals surface area contributed by atoms with Gasteiger partial charge in [0.1, 0.15) is 0 Å². The molecule has 0 aromatic heterocycles. The van der Waals surface area contributed by atoms with Gasteiger partial charge in [-0.1, -0.05) is 20.8 Å². The van der Waals surface area contributed by atoms with Gasteiger partial charge in [-0.05, 0) is 51.8 Å². The first kappa shape index (κ1) is 18.7. The average molecular weight is 376 g/mol. The van der Waals surface area contributed by atoms with Gasteiger partial charge < -0.3 is 14.8 Å². The minimum atomic E-state index is 0.647. The zero-order valence-electron chi connectivity index (χ0n) is 13.4. The fraction of sp³-hybridized carbons (Fsp3) is 0.625. The van der Waals surface area contributed by atoms with Crippen LogP contribution < -0.4 is 14.8 Å². The normalized spacial score (nSPS) is 11.0. The maximum atomic E-state index is 5.85. The second-order valence-electron chi connectivity index (χ2n) is 5.18. The zero-order valence-corrected chi connectivity index (χ0v) is 15.8. The van der Waals surface area contributed by atoms with Crippen molar-refractivity contribution in [3.05, 3.63) is 22.2 Å². The van der Waals surface area contributed by atoms with Crippen LogP contribution in [0.5, 0.6) is 11.5 Å². The molecule has 21 heavy (non-hydrogen) atoms. The first-order valence-electron chi connectivity index (χ1n) is 7.36. The Morgan fingerprint density at radius 3 is 2.71 bits per heavy atom. The van der Waals surface area contributed by atoms with Crippen LogP contribution in [0.2, 0.25) is 0 Å². The number of hydrogen-bond acceptors (Lipinski definition) is 4. The van der Waals surface area contributed by atoms with E-state index in [9.17, 15) is 0 Å². The Balaban J connectivity index is 2.67. The Labute approximate surface area is 141 Å². The molecule has 0 aliphatic heterocycles. The summed E-state index contributed by atoms with van der Waals surface area (Å²) >= 11 is 5.46. The minimum Gasteiger partial charge on any atom is -0.493 e. The summed E-state index contributed by atoms with van der Waals surface area (Å²) in [5.74, 6) is 4.33. The molecule has 0 saturated carbocycles. The monoisotopic (exact) mass is 375 g/mol. The van der Waals surface area contributed by atoms with Crippen LogP contribution in [0.25, 0.3) is 0 Å². The van der Waals surface area contributed by atoms with E-state index in [1.165, 1.54) is 5.56 Å². The quantitative estimate of drug-likeness (QED) is 0.616. The summed E-state index contributed by atoms with van der Waals surface area (Å²) in [6, 6.07) is 4.14. The lowest BCUT2D eigenvalue weighted by Crippen LogP contribution is -2.19. The molecule has 0 heterocycles.